The van der Waals surface area contributed by atoms with Gasteiger partial charge in [-0.2, -0.15) is 0 Å². The fourth-order valence-electron chi connectivity index (χ4n) is 2.53. The zero-order chi connectivity index (χ0) is 11.8. The Morgan fingerprint density at radius 2 is 2.12 bits per heavy atom. The van der Waals surface area contributed by atoms with Crippen LogP contribution in [-0.4, -0.2) is 27.7 Å². The molecule has 1 unspecified atom stereocenters. The zero-order valence-corrected chi connectivity index (χ0v) is 11.2. The van der Waals surface area contributed by atoms with E-state index in [4.69, 9.17) is 10.5 Å². The Hall–Kier alpha value is -0.460. The van der Waals surface area contributed by atoms with Gasteiger partial charge in [-0.05, 0) is 28.8 Å². The van der Waals surface area contributed by atoms with Crippen LogP contribution >= 0.6 is 15.9 Å². The first-order valence-electron chi connectivity index (χ1n) is 5.46. The van der Waals surface area contributed by atoms with E-state index in [2.05, 4.69) is 26.2 Å². The van der Waals surface area contributed by atoms with E-state index in [-0.39, 0.29) is 11.6 Å². The van der Waals surface area contributed by atoms with Gasteiger partial charge in [0.1, 0.15) is 0 Å². The van der Waals surface area contributed by atoms with Gasteiger partial charge in [0.25, 0.3) is 0 Å². The van der Waals surface area contributed by atoms with Crippen LogP contribution in [0.4, 0.5) is 0 Å². The fourth-order valence-corrected chi connectivity index (χ4v) is 3.11. The Morgan fingerprint density at radius 3 is 2.56 bits per heavy atom. The van der Waals surface area contributed by atoms with Crippen LogP contribution in [0, 0.1) is 0 Å². The van der Waals surface area contributed by atoms with Crippen LogP contribution < -0.4 is 5.73 Å². The van der Waals surface area contributed by atoms with Crippen LogP contribution in [0.1, 0.15) is 37.4 Å². The molecular weight excluding hydrogens is 272 g/mol. The first-order valence-corrected chi connectivity index (χ1v) is 6.26. The normalized spacial score (nSPS) is 21.2. The first-order chi connectivity index (χ1) is 7.60. The lowest BCUT2D eigenvalue weighted by atomic mass is 9.90. The van der Waals surface area contributed by atoms with Crippen molar-refractivity contribution in [3.8, 4) is 0 Å². The smallest absolute Gasteiger partial charge is 0.153 e. The van der Waals surface area contributed by atoms with Crippen LogP contribution in [-0.2, 0) is 11.8 Å². The summed E-state index contributed by atoms with van der Waals surface area (Å²) in [5.74, 6) is 0. The van der Waals surface area contributed by atoms with Crippen molar-refractivity contribution < 1.29 is 4.74 Å². The molecular formula is C10H17BrN4O. The van der Waals surface area contributed by atoms with Crippen molar-refractivity contribution in [1.82, 2.24) is 15.0 Å². The number of nitrogens with two attached hydrogens (primary N) is 1. The van der Waals surface area contributed by atoms with Crippen molar-refractivity contribution in [3.63, 3.8) is 0 Å². The monoisotopic (exact) mass is 288 g/mol. The molecule has 1 aromatic rings. The molecule has 0 aliphatic heterocycles. The summed E-state index contributed by atoms with van der Waals surface area (Å²) in [7, 11) is 3.59. The summed E-state index contributed by atoms with van der Waals surface area (Å²) >= 11 is 3.39. The van der Waals surface area contributed by atoms with Crippen LogP contribution in [0.2, 0.25) is 0 Å². The Bertz CT molecular complexity index is 353. The van der Waals surface area contributed by atoms with E-state index in [0.29, 0.717) is 4.60 Å². The van der Waals surface area contributed by atoms with E-state index >= 15 is 0 Å². The molecule has 0 bridgehead atoms. The molecule has 2 N–H and O–H groups in total. The molecule has 0 amide bonds. The fraction of sp³-hybridized carbons (Fsp3) is 0.800. The van der Waals surface area contributed by atoms with Gasteiger partial charge < -0.3 is 10.5 Å². The SMILES string of the molecule is COC1(C(N)c2c(Br)nnn2C)CCCC1. The summed E-state index contributed by atoms with van der Waals surface area (Å²) in [5.41, 5.74) is 6.99. The molecule has 1 aromatic heterocycles. The topological polar surface area (TPSA) is 66.0 Å². The molecule has 1 aliphatic carbocycles. The highest BCUT2D eigenvalue weighted by molar-refractivity contribution is 9.10. The van der Waals surface area contributed by atoms with Crippen molar-refractivity contribution in [2.75, 3.05) is 7.11 Å². The summed E-state index contributed by atoms with van der Waals surface area (Å²) in [6, 6.07) is -0.186. The number of aromatic nitrogens is 3. The lowest BCUT2D eigenvalue weighted by Gasteiger charge is -2.33. The van der Waals surface area contributed by atoms with Gasteiger partial charge in [0.2, 0.25) is 0 Å². The molecule has 1 heterocycles. The standard InChI is InChI=1S/C10H17BrN4O/c1-15-7(9(11)13-14-15)8(12)10(16-2)5-3-4-6-10/h8H,3-6,12H2,1-2H3. The average molecular weight is 289 g/mol. The first kappa shape index (κ1) is 12.0. The van der Waals surface area contributed by atoms with Gasteiger partial charge >= 0.3 is 0 Å². The van der Waals surface area contributed by atoms with Gasteiger partial charge in [-0.1, -0.05) is 18.1 Å². The predicted octanol–water partition coefficient (Wildman–Crippen LogP) is 1.54. The minimum absolute atomic E-state index is 0.186. The van der Waals surface area contributed by atoms with Gasteiger partial charge in [0.15, 0.2) is 4.60 Å². The second kappa shape index (κ2) is 4.43. The Balaban J connectivity index is 2.33. The van der Waals surface area contributed by atoms with Crippen molar-refractivity contribution >= 4 is 15.9 Å². The number of hydrogen-bond donors (Lipinski definition) is 1. The third-order valence-corrected chi connectivity index (χ3v) is 4.11. The Labute approximate surface area is 103 Å². The van der Waals surface area contributed by atoms with Gasteiger partial charge in [0.05, 0.1) is 17.3 Å². The van der Waals surface area contributed by atoms with Gasteiger partial charge in [-0.3, -0.25) is 0 Å². The summed E-state index contributed by atoms with van der Waals surface area (Å²) in [6.07, 6.45) is 4.35. The molecule has 5 nitrogen and oxygen atoms in total. The number of ether oxygens (including phenoxy) is 1. The number of halogens is 1. The second-order valence-corrected chi connectivity index (χ2v) is 5.09. The van der Waals surface area contributed by atoms with Crippen LogP contribution in [0.3, 0.4) is 0 Å². The Morgan fingerprint density at radius 1 is 1.50 bits per heavy atom. The van der Waals surface area contributed by atoms with Crippen molar-refractivity contribution in [2.24, 2.45) is 12.8 Å². The van der Waals surface area contributed by atoms with Gasteiger partial charge in [0, 0.05) is 14.2 Å². The maximum absolute atomic E-state index is 6.34. The van der Waals surface area contributed by atoms with Crippen LogP contribution in [0.25, 0.3) is 0 Å². The lowest BCUT2D eigenvalue weighted by molar-refractivity contribution is -0.0284. The number of aryl methyl sites for hydroxylation is 1. The molecule has 1 fully saturated rings. The molecule has 0 saturated heterocycles. The highest BCUT2D eigenvalue weighted by Gasteiger charge is 2.42. The lowest BCUT2D eigenvalue weighted by Crippen LogP contribution is -2.41. The van der Waals surface area contributed by atoms with E-state index in [1.165, 1.54) is 12.8 Å². The number of rotatable bonds is 3. The predicted molar refractivity (Wildman–Crippen MR) is 63.8 cm³/mol. The van der Waals surface area contributed by atoms with E-state index in [0.717, 1.165) is 18.5 Å². The quantitative estimate of drug-likeness (QED) is 0.916. The molecule has 90 valence electrons. The van der Waals surface area contributed by atoms with Crippen molar-refractivity contribution in [2.45, 2.75) is 37.3 Å². The second-order valence-electron chi connectivity index (χ2n) is 4.34. The van der Waals surface area contributed by atoms with E-state index in [1.807, 2.05) is 7.05 Å². The number of nitrogens with zero attached hydrogens (tertiary/aromatic N) is 3. The maximum atomic E-state index is 6.34. The largest absolute Gasteiger partial charge is 0.376 e. The van der Waals surface area contributed by atoms with E-state index in [1.54, 1.807) is 11.8 Å². The molecule has 2 rings (SSSR count). The molecule has 0 aromatic carbocycles. The van der Waals surface area contributed by atoms with Crippen molar-refractivity contribution in [1.29, 1.82) is 0 Å². The third-order valence-electron chi connectivity index (χ3n) is 3.54. The zero-order valence-electron chi connectivity index (χ0n) is 9.61. The molecule has 1 atom stereocenters. The van der Waals surface area contributed by atoms with Gasteiger partial charge in [-0.25, -0.2) is 4.68 Å². The van der Waals surface area contributed by atoms with Gasteiger partial charge in [-0.15, -0.1) is 5.10 Å². The van der Waals surface area contributed by atoms with Crippen molar-refractivity contribution in [3.05, 3.63) is 10.3 Å². The minimum atomic E-state index is -0.252. The summed E-state index contributed by atoms with van der Waals surface area (Å²) in [6.45, 7) is 0. The molecule has 16 heavy (non-hydrogen) atoms. The molecule has 6 heteroatoms. The third kappa shape index (κ3) is 1.78. The summed E-state index contributed by atoms with van der Waals surface area (Å²) in [4.78, 5) is 0. The number of methoxy groups -OCH3 is 1. The summed E-state index contributed by atoms with van der Waals surface area (Å²) in [5, 5.41) is 7.93. The molecule has 0 radical (unpaired) electrons. The molecule has 1 aliphatic rings. The van der Waals surface area contributed by atoms with Crippen LogP contribution in [0.5, 0.6) is 0 Å². The van der Waals surface area contributed by atoms with Crippen LogP contribution in [0.15, 0.2) is 4.60 Å². The minimum Gasteiger partial charge on any atom is -0.376 e. The Kier molecular flexibility index (Phi) is 3.32. The van der Waals surface area contributed by atoms with E-state index < -0.39 is 0 Å². The molecule has 1 saturated carbocycles. The molecule has 0 spiro atoms. The van der Waals surface area contributed by atoms with E-state index in [9.17, 15) is 0 Å². The summed E-state index contributed by atoms with van der Waals surface area (Å²) < 4.78 is 8.11. The number of hydrogen-bond acceptors (Lipinski definition) is 4. The highest BCUT2D eigenvalue weighted by atomic mass is 79.9. The maximum Gasteiger partial charge on any atom is 0.153 e. The average Bonchev–Trinajstić information content (AvgIpc) is 2.86. The highest BCUT2D eigenvalue weighted by Crippen LogP contribution is 2.42.